The van der Waals surface area contributed by atoms with Crippen LogP contribution in [0.5, 0.6) is 5.75 Å². The summed E-state index contributed by atoms with van der Waals surface area (Å²) in [6.45, 7) is 8.64. The minimum atomic E-state index is -0.993. The van der Waals surface area contributed by atoms with Gasteiger partial charge in [0.2, 0.25) is 0 Å². The number of aromatic nitrogens is 4. The number of aryl methyl sites for hydroxylation is 1. The number of carbonyl (C=O) groups is 1. The predicted molar refractivity (Wildman–Crippen MR) is 155 cm³/mol. The first-order valence-electron chi connectivity index (χ1n) is 13.4. The number of benzene rings is 1. The van der Waals surface area contributed by atoms with Gasteiger partial charge in [-0.3, -0.25) is 4.98 Å². The molecule has 11 heteroatoms. The van der Waals surface area contributed by atoms with Crippen molar-refractivity contribution in [1.82, 2.24) is 24.4 Å². The van der Waals surface area contributed by atoms with Crippen molar-refractivity contribution in [3.8, 4) is 28.8 Å². The van der Waals surface area contributed by atoms with E-state index in [1.807, 2.05) is 56.9 Å². The van der Waals surface area contributed by atoms with E-state index in [2.05, 4.69) is 16.0 Å². The van der Waals surface area contributed by atoms with Gasteiger partial charge in [0.05, 0.1) is 35.1 Å². The van der Waals surface area contributed by atoms with E-state index in [1.165, 1.54) is 9.47 Å². The molecule has 0 unspecified atom stereocenters. The van der Waals surface area contributed by atoms with Crippen molar-refractivity contribution in [2.75, 3.05) is 31.6 Å². The Kier molecular flexibility index (Phi) is 7.32. The molecular formula is C30H31N7O4. The van der Waals surface area contributed by atoms with Crippen LogP contribution in [-0.4, -0.2) is 68.4 Å². The average Bonchev–Trinajstić information content (AvgIpc) is 2.96. The molecule has 4 aromatic rings. The average molecular weight is 554 g/mol. The highest BCUT2D eigenvalue weighted by atomic mass is 16.5. The van der Waals surface area contributed by atoms with Gasteiger partial charge in [0.1, 0.15) is 17.6 Å². The number of nitrogens with zero attached hydrogens (tertiary/aromatic N) is 7. The van der Waals surface area contributed by atoms with Crippen LogP contribution in [0.2, 0.25) is 0 Å². The van der Waals surface area contributed by atoms with Crippen molar-refractivity contribution in [3.05, 3.63) is 69.9 Å². The first-order valence-corrected chi connectivity index (χ1v) is 13.4. The van der Waals surface area contributed by atoms with E-state index in [4.69, 9.17) is 9.72 Å². The quantitative estimate of drug-likeness (QED) is 0.382. The number of piperazine rings is 1. The molecule has 0 aliphatic carbocycles. The zero-order valence-electron chi connectivity index (χ0n) is 23.6. The third-order valence-corrected chi connectivity index (χ3v) is 7.43. The summed E-state index contributed by atoms with van der Waals surface area (Å²) >= 11 is 0. The van der Waals surface area contributed by atoms with Crippen molar-refractivity contribution in [1.29, 1.82) is 5.26 Å². The maximum absolute atomic E-state index is 14.0. The van der Waals surface area contributed by atoms with Crippen molar-refractivity contribution in [2.45, 2.75) is 39.7 Å². The number of ether oxygens (including phenoxy) is 1. The summed E-state index contributed by atoms with van der Waals surface area (Å²) in [6.07, 6.45) is 0.724. The summed E-state index contributed by atoms with van der Waals surface area (Å²) in [6, 6.07) is 12.8. The highest BCUT2D eigenvalue weighted by Crippen LogP contribution is 2.36. The van der Waals surface area contributed by atoms with E-state index in [9.17, 15) is 20.0 Å². The highest BCUT2D eigenvalue weighted by molar-refractivity contribution is 5.93. The summed E-state index contributed by atoms with van der Waals surface area (Å²) in [5.74, 6) is 0.905. The largest absolute Gasteiger partial charge is 0.496 e. The molecule has 1 saturated heterocycles. The number of hydrogen-bond donors (Lipinski definition) is 1. The fraction of sp³-hybridized carbons (Fsp3) is 0.333. The van der Waals surface area contributed by atoms with Crippen molar-refractivity contribution >= 4 is 22.9 Å². The molecule has 1 aliphatic heterocycles. The second-order valence-corrected chi connectivity index (χ2v) is 10.4. The Morgan fingerprint density at radius 3 is 2.61 bits per heavy atom. The summed E-state index contributed by atoms with van der Waals surface area (Å²) < 4.78 is 7.06. The Bertz CT molecular complexity index is 1760. The molecule has 4 heterocycles. The molecule has 1 N–H and O–H groups in total. The fourth-order valence-corrected chi connectivity index (χ4v) is 5.41. The van der Waals surface area contributed by atoms with Crippen LogP contribution in [0.15, 0.2) is 47.4 Å². The third-order valence-electron chi connectivity index (χ3n) is 7.43. The molecule has 0 bridgehead atoms. The lowest BCUT2D eigenvalue weighted by Crippen LogP contribution is -2.54. The van der Waals surface area contributed by atoms with Crippen molar-refractivity contribution in [3.63, 3.8) is 0 Å². The number of pyridine rings is 2. The van der Waals surface area contributed by atoms with Crippen molar-refractivity contribution < 1.29 is 14.6 Å². The normalized spacial score (nSPS) is 15.3. The van der Waals surface area contributed by atoms with E-state index < -0.39 is 11.8 Å². The van der Waals surface area contributed by atoms with E-state index >= 15 is 0 Å². The highest BCUT2D eigenvalue weighted by Gasteiger charge is 2.31. The van der Waals surface area contributed by atoms with Crippen LogP contribution < -0.4 is 15.3 Å². The molecule has 3 aromatic heterocycles. The monoisotopic (exact) mass is 553 g/mol. The van der Waals surface area contributed by atoms with Crippen LogP contribution in [0.25, 0.3) is 28.0 Å². The molecule has 0 radical (unpaired) electrons. The van der Waals surface area contributed by atoms with E-state index in [0.29, 0.717) is 51.7 Å². The second kappa shape index (κ2) is 10.9. The van der Waals surface area contributed by atoms with Crippen LogP contribution in [0.1, 0.15) is 43.5 Å². The molecule has 11 nitrogen and oxygen atoms in total. The second-order valence-electron chi connectivity index (χ2n) is 10.4. The Balaban J connectivity index is 1.88. The molecule has 1 aliphatic rings. The number of para-hydroxylation sites is 1. The number of fused-ring (bicyclic) bond motifs is 1. The molecule has 41 heavy (non-hydrogen) atoms. The number of methoxy groups -OCH3 is 1. The topological polar surface area (TPSA) is 137 Å². The van der Waals surface area contributed by atoms with Crippen LogP contribution in [0.4, 0.5) is 10.6 Å². The minimum absolute atomic E-state index is 0.00251. The summed E-state index contributed by atoms with van der Waals surface area (Å²) in [5.41, 5.74) is 3.21. The van der Waals surface area contributed by atoms with Crippen LogP contribution in [0.3, 0.4) is 0 Å². The van der Waals surface area contributed by atoms with Crippen LogP contribution >= 0.6 is 0 Å². The Hall–Kier alpha value is -4.98. The number of rotatable bonds is 5. The predicted octanol–water partition coefficient (Wildman–Crippen LogP) is 4.34. The van der Waals surface area contributed by atoms with Gasteiger partial charge in [0.15, 0.2) is 5.65 Å². The molecule has 1 fully saturated rings. The van der Waals surface area contributed by atoms with Gasteiger partial charge < -0.3 is 19.6 Å². The lowest BCUT2D eigenvalue weighted by molar-refractivity contribution is 0.136. The summed E-state index contributed by atoms with van der Waals surface area (Å²) in [7, 11) is 1.55. The van der Waals surface area contributed by atoms with Gasteiger partial charge in [-0.2, -0.15) is 10.2 Å². The van der Waals surface area contributed by atoms with Gasteiger partial charge in [-0.15, -0.1) is 0 Å². The lowest BCUT2D eigenvalue weighted by atomic mass is 10.0. The number of hydrogen-bond acceptors (Lipinski definition) is 8. The van der Waals surface area contributed by atoms with E-state index in [0.717, 1.165) is 11.3 Å². The first kappa shape index (κ1) is 27.6. The summed E-state index contributed by atoms with van der Waals surface area (Å²) in [4.78, 5) is 43.0. The standard InChI is InChI=1S/C30H31N7O4/c1-17(2)24-26(18(3)10-11-32-24)37-28-22(14-20(15-31)25(33-28)21-8-6-7-9-23(21)41-5)27(34-29(37)38)36-13-12-35(30(39)40)16-19(36)4/h6-11,14,17,19H,12-13,16H2,1-5H3,(H,39,40)/t19-/m0/s1. The first-order chi connectivity index (χ1) is 19.7. The maximum atomic E-state index is 14.0. The third kappa shape index (κ3) is 4.82. The Labute approximate surface area is 237 Å². The Morgan fingerprint density at radius 1 is 1.20 bits per heavy atom. The fourth-order valence-electron chi connectivity index (χ4n) is 5.41. The van der Waals surface area contributed by atoms with Gasteiger partial charge >= 0.3 is 11.8 Å². The smallest absolute Gasteiger partial charge is 0.407 e. The molecule has 1 atom stereocenters. The minimum Gasteiger partial charge on any atom is -0.496 e. The molecular weight excluding hydrogens is 522 g/mol. The molecule has 5 rings (SSSR count). The van der Waals surface area contributed by atoms with Gasteiger partial charge in [0.25, 0.3) is 0 Å². The van der Waals surface area contributed by atoms with Crippen LogP contribution in [-0.2, 0) is 0 Å². The molecule has 1 aromatic carbocycles. The van der Waals surface area contributed by atoms with E-state index in [-0.39, 0.29) is 25.0 Å². The molecule has 0 saturated carbocycles. The number of nitriles is 1. The maximum Gasteiger partial charge on any atom is 0.407 e. The van der Waals surface area contributed by atoms with Gasteiger partial charge in [-0.25, -0.2) is 19.1 Å². The number of anilines is 1. The molecule has 210 valence electrons. The molecule has 1 amide bonds. The van der Waals surface area contributed by atoms with Gasteiger partial charge in [-0.05, 0) is 49.6 Å². The van der Waals surface area contributed by atoms with E-state index in [1.54, 1.807) is 25.4 Å². The molecule has 0 spiro atoms. The SMILES string of the molecule is COc1ccccc1-c1nc2c(cc1C#N)c(N1CCN(C(=O)O)C[C@@H]1C)nc(=O)n2-c1c(C)ccnc1C(C)C. The zero-order valence-corrected chi connectivity index (χ0v) is 23.6. The van der Waals surface area contributed by atoms with Crippen molar-refractivity contribution in [2.24, 2.45) is 0 Å². The zero-order chi connectivity index (χ0) is 29.4. The van der Waals surface area contributed by atoms with Crippen LogP contribution in [0, 0.1) is 18.3 Å². The summed E-state index contributed by atoms with van der Waals surface area (Å²) in [5, 5.41) is 20.3. The Morgan fingerprint density at radius 2 is 1.95 bits per heavy atom. The lowest BCUT2D eigenvalue weighted by Gasteiger charge is -2.39. The number of amides is 1. The van der Waals surface area contributed by atoms with Gasteiger partial charge in [-0.1, -0.05) is 26.0 Å². The van der Waals surface area contributed by atoms with Gasteiger partial charge in [0, 0.05) is 37.4 Å². The number of carboxylic acid groups (broad SMARTS) is 1.